The molecule has 0 fully saturated rings. The summed E-state index contributed by atoms with van der Waals surface area (Å²) in [7, 11) is 0. The SMILES string of the molecule is N#Cc1cc2ccc3c(c2cc1-c1ccccc1/C(N)=C/CC1=Cc2ccccc2CC1)C=CCC3. The highest BCUT2D eigenvalue weighted by molar-refractivity contribution is 5.98. The van der Waals surface area contributed by atoms with Gasteiger partial charge in [-0.05, 0) is 82.8 Å². The molecule has 0 bridgehead atoms. The van der Waals surface area contributed by atoms with Gasteiger partial charge >= 0.3 is 0 Å². The van der Waals surface area contributed by atoms with E-state index in [0.717, 1.165) is 59.9 Å². The fraction of sp³-hybridized carbons (Fsp3) is 0.147. The molecule has 0 unspecified atom stereocenters. The average molecular weight is 465 g/mol. The first-order valence-corrected chi connectivity index (χ1v) is 12.7. The molecule has 2 N–H and O–H groups in total. The van der Waals surface area contributed by atoms with Gasteiger partial charge < -0.3 is 5.73 Å². The Morgan fingerprint density at radius 3 is 2.67 bits per heavy atom. The molecule has 0 radical (unpaired) electrons. The second kappa shape index (κ2) is 9.36. The van der Waals surface area contributed by atoms with Crippen molar-refractivity contribution in [1.82, 2.24) is 0 Å². The fourth-order valence-corrected chi connectivity index (χ4v) is 5.58. The van der Waals surface area contributed by atoms with Crippen LogP contribution >= 0.6 is 0 Å². The van der Waals surface area contributed by atoms with Crippen LogP contribution in [0, 0.1) is 11.3 Å². The Hall–Kier alpha value is -4.35. The minimum Gasteiger partial charge on any atom is -0.398 e. The molecule has 2 aliphatic carbocycles. The van der Waals surface area contributed by atoms with Gasteiger partial charge in [-0.3, -0.25) is 0 Å². The predicted molar refractivity (Wildman–Crippen MR) is 151 cm³/mol. The number of nitriles is 1. The lowest BCUT2D eigenvalue weighted by molar-refractivity contribution is 0.899. The molecule has 0 spiro atoms. The van der Waals surface area contributed by atoms with Crippen molar-refractivity contribution in [1.29, 1.82) is 5.26 Å². The summed E-state index contributed by atoms with van der Waals surface area (Å²) in [5.41, 5.74) is 17.8. The van der Waals surface area contributed by atoms with E-state index in [0.29, 0.717) is 5.56 Å². The van der Waals surface area contributed by atoms with Crippen LogP contribution < -0.4 is 5.73 Å². The molecule has 0 aromatic heterocycles. The zero-order valence-electron chi connectivity index (χ0n) is 20.3. The van der Waals surface area contributed by atoms with Crippen LogP contribution in [-0.4, -0.2) is 0 Å². The highest BCUT2D eigenvalue weighted by atomic mass is 14.6. The molecule has 2 aliphatic rings. The summed E-state index contributed by atoms with van der Waals surface area (Å²) in [5.74, 6) is 0. The Morgan fingerprint density at radius 2 is 1.75 bits per heavy atom. The smallest absolute Gasteiger partial charge is 0.0998 e. The Bertz CT molecular complexity index is 1630. The summed E-state index contributed by atoms with van der Waals surface area (Å²) < 4.78 is 0. The molecule has 2 nitrogen and oxygen atoms in total. The van der Waals surface area contributed by atoms with Gasteiger partial charge in [0.2, 0.25) is 0 Å². The van der Waals surface area contributed by atoms with Gasteiger partial charge in [0.25, 0.3) is 0 Å². The van der Waals surface area contributed by atoms with Gasteiger partial charge in [0.15, 0.2) is 0 Å². The van der Waals surface area contributed by atoms with E-state index in [-0.39, 0.29) is 0 Å². The normalized spacial score (nSPS) is 14.6. The van der Waals surface area contributed by atoms with Crippen molar-refractivity contribution in [3.63, 3.8) is 0 Å². The number of benzene rings is 4. The van der Waals surface area contributed by atoms with E-state index >= 15 is 0 Å². The maximum atomic E-state index is 10.0. The van der Waals surface area contributed by atoms with E-state index in [2.05, 4.69) is 85.0 Å². The average Bonchev–Trinajstić information content (AvgIpc) is 2.95. The van der Waals surface area contributed by atoms with E-state index in [1.165, 1.54) is 33.2 Å². The Balaban J connectivity index is 1.40. The van der Waals surface area contributed by atoms with Crippen LogP contribution in [0.25, 0.3) is 39.7 Å². The van der Waals surface area contributed by atoms with Gasteiger partial charge in [0.05, 0.1) is 11.6 Å². The first-order valence-electron chi connectivity index (χ1n) is 12.7. The number of nitrogens with two attached hydrogens (primary N) is 1. The van der Waals surface area contributed by atoms with Gasteiger partial charge in [0.1, 0.15) is 0 Å². The van der Waals surface area contributed by atoms with Crippen molar-refractivity contribution in [2.24, 2.45) is 5.73 Å². The van der Waals surface area contributed by atoms with Gasteiger partial charge in [-0.25, -0.2) is 0 Å². The molecule has 6 rings (SSSR count). The van der Waals surface area contributed by atoms with Crippen LogP contribution in [0.5, 0.6) is 0 Å². The number of hydrogen-bond donors (Lipinski definition) is 1. The summed E-state index contributed by atoms with van der Waals surface area (Å²) in [6.07, 6.45) is 14.0. The van der Waals surface area contributed by atoms with Crippen molar-refractivity contribution in [2.45, 2.75) is 32.1 Å². The van der Waals surface area contributed by atoms with Crippen molar-refractivity contribution in [2.75, 3.05) is 0 Å². The van der Waals surface area contributed by atoms with Crippen LogP contribution in [0.15, 0.2) is 90.5 Å². The summed E-state index contributed by atoms with van der Waals surface area (Å²) in [6, 6.07) is 27.8. The largest absolute Gasteiger partial charge is 0.398 e. The minimum atomic E-state index is 0.675. The van der Waals surface area contributed by atoms with Crippen molar-refractivity contribution < 1.29 is 0 Å². The van der Waals surface area contributed by atoms with Gasteiger partial charge in [-0.1, -0.05) is 90.5 Å². The van der Waals surface area contributed by atoms with E-state index in [1.54, 1.807) is 0 Å². The maximum absolute atomic E-state index is 10.0. The topological polar surface area (TPSA) is 49.8 Å². The van der Waals surface area contributed by atoms with E-state index < -0.39 is 0 Å². The zero-order chi connectivity index (χ0) is 24.5. The first kappa shape index (κ1) is 22.1. The molecular weight excluding hydrogens is 436 g/mol. The van der Waals surface area contributed by atoms with E-state index in [1.807, 2.05) is 18.2 Å². The van der Waals surface area contributed by atoms with Gasteiger partial charge in [-0.15, -0.1) is 0 Å². The van der Waals surface area contributed by atoms with Crippen molar-refractivity contribution >= 4 is 28.6 Å². The number of fused-ring (bicyclic) bond motifs is 4. The number of nitrogens with zero attached hydrogens (tertiary/aromatic N) is 1. The lowest BCUT2D eigenvalue weighted by Gasteiger charge is -2.17. The Kier molecular flexibility index (Phi) is 5.76. The molecule has 0 saturated heterocycles. The standard InChI is InChI=1S/C34H28N2/c35-22-28-20-27-17-16-25-8-3-4-10-29(25)32(27)21-33(28)30-11-5-6-12-31(30)34(36)18-14-23-13-15-24-7-1-2-9-26(24)19-23/h1-2,4-7,9-12,16-21H,3,8,13-15,36H2/b34-18-. The van der Waals surface area contributed by atoms with Crippen LogP contribution in [-0.2, 0) is 12.8 Å². The molecule has 36 heavy (non-hydrogen) atoms. The second-order valence-electron chi connectivity index (χ2n) is 9.72. The van der Waals surface area contributed by atoms with E-state index in [4.69, 9.17) is 5.73 Å². The molecule has 2 heteroatoms. The third-order valence-electron chi connectivity index (χ3n) is 7.52. The second-order valence-corrected chi connectivity index (χ2v) is 9.72. The molecule has 4 aromatic carbocycles. The highest BCUT2D eigenvalue weighted by Gasteiger charge is 2.16. The van der Waals surface area contributed by atoms with Crippen LogP contribution in [0.3, 0.4) is 0 Å². The Morgan fingerprint density at radius 1 is 0.889 bits per heavy atom. The number of hydrogen-bond acceptors (Lipinski definition) is 2. The summed E-state index contributed by atoms with van der Waals surface area (Å²) >= 11 is 0. The first-order chi connectivity index (χ1) is 17.7. The molecule has 0 atom stereocenters. The summed E-state index contributed by atoms with van der Waals surface area (Å²) in [6.45, 7) is 0. The van der Waals surface area contributed by atoms with Crippen molar-refractivity contribution in [3.05, 3.63) is 124 Å². The highest BCUT2D eigenvalue weighted by Crippen LogP contribution is 2.36. The predicted octanol–water partition coefficient (Wildman–Crippen LogP) is 8.06. The monoisotopic (exact) mass is 464 g/mol. The number of allylic oxidation sites excluding steroid dienone is 3. The molecule has 4 aromatic rings. The zero-order valence-corrected chi connectivity index (χ0v) is 20.3. The van der Waals surface area contributed by atoms with Crippen LogP contribution in [0.4, 0.5) is 0 Å². The number of rotatable bonds is 4. The molecular formula is C34H28N2. The third-order valence-corrected chi connectivity index (χ3v) is 7.52. The summed E-state index contributed by atoms with van der Waals surface area (Å²) in [5, 5.41) is 12.3. The van der Waals surface area contributed by atoms with Crippen molar-refractivity contribution in [3.8, 4) is 17.2 Å². The Labute approximate surface area is 212 Å². The van der Waals surface area contributed by atoms with Crippen LogP contribution in [0.2, 0.25) is 0 Å². The maximum Gasteiger partial charge on any atom is 0.0998 e. The fourth-order valence-electron chi connectivity index (χ4n) is 5.58. The third kappa shape index (κ3) is 4.04. The molecule has 0 aliphatic heterocycles. The molecule has 0 saturated carbocycles. The molecule has 174 valence electrons. The lowest BCUT2D eigenvalue weighted by Crippen LogP contribution is -2.02. The summed E-state index contributed by atoms with van der Waals surface area (Å²) in [4.78, 5) is 0. The minimum absolute atomic E-state index is 0.675. The molecule has 0 heterocycles. The van der Waals surface area contributed by atoms with Gasteiger partial charge in [0, 0.05) is 16.8 Å². The number of aryl methyl sites for hydroxylation is 2. The lowest BCUT2D eigenvalue weighted by atomic mass is 9.87. The van der Waals surface area contributed by atoms with E-state index in [9.17, 15) is 5.26 Å². The van der Waals surface area contributed by atoms with Crippen LogP contribution in [0.1, 0.15) is 52.6 Å². The van der Waals surface area contributed by atoms with Gasteiger partial charge in [-0.2, -0.15) is 5.26 Å². The molecule has 0 amide bonds. The quantitative estimate of drug-likeness (QED) is 0.332.